The summed E-state index contributed by atoms with van der Waals surface area (Å²) in [6, 6.07) is 13.4. The van der Waals surface area contributed by atoms with Crippen LogP contribution in [0.2, 0.25) is 0 Å². The van der Waals surface area contributed by atoms with E-state index in [4.69, 9.17) is 0 Å². The second-order valence-electron chi connectivity index (χ2n) is 6.81. The molecular formula is C21H20BrN3O2. The largest absolute Gasteiger partial charge is 0.312 e. The minimum absolute atomic E-state index is 0.126. The monoisotopic (exact) mass is 425 g/mol. The normalized spacial score (nSPS) is 13.6. The highest BCUT2D eigenvalue weighted by molar-refractivity contribution is 9.10. The van der Waals surface area contributed by atoms with Crippen LogP contribution in [0.5, 0.6) is 0 Å². The highest BCUT2D eigenvalue weighted by Crippen LogP contribution is 2.30. The molecule has 0 unspecified atom stereocenters. The summed E-state index contributed by atoms with van der Waals surface area (Å²) in [4.78, 5) is 34.1. The predicted molar refractivity (Wildman–Crippen MR) is 110 cm³/mol. The number of H-pyrrole nitrogens is 1. The van der Waals surface area contributed by atoms with Crippen molar-refractivity contribution < 1.29 is 4.79 Å². The maximum Gasteiger partial charge on any atom is 0.258 e. The fourth-order valence-corrected chi connectivity index (χ4v) is 4.03. The minimum Gasteiger partial charge on any atom is -0.312 e. The van der Waals surface area contributed by atoms with Crippen molar-refractivity contribution in [2.45, 2.75) is 32.1 Å². The molecule has 0 atom stereocenters. The predicted octanol–water partition coefficient (Wildman–Crippen LogP) is 3.99. The third-order valence-corrected chi connectivity index (χ3v) is 5.42. The van der Waals surface area contributed by atoms with Gasteiger partial charge in [0.15, 0.2) is 0 Å². The number of rotatable bonds is 4. The van der Waals surface area contributed by atoms with Gasteiger partial charge in [-0.3, -0.25) is 9.59 Å². The first-order valence-corrected chi connectivity index (χ1v) is 9.98. The quantitative estimate of drug-likeness (QED) is 0.686. The fourth-order valence-electron chi connectivity index (χ4n) is 3.62. The third kappa shape index (κ3) is 3.81. The first-order chi connectivity index (χ1) is 13.1. The van der Waals surface area contributed by atoms with E-state index in [1.54, 1.807) is 6.07 Å². The Morgan fingerprint density at radius 1 is 1.22 bits per heavy atom. The number of aromatic amines is 1. The Bertz CT molecular complexity index is 1060. The number of fused-ring (bicyclic) bond motifs is 2. The van der Waals surface area contributed by atoms with Crippen molar-refractivity contribution in [2.75, 3.05) is 11.4 Å². The van der Waals surface area contributed by atoms with Gasteiger partial charge in [-0.25, -0.2) is 4.98 Å². The van der Waals surface area contributed by atoms with Crippen molar-refractivity contribution in [1.29, 1.82) is 0 Å². The molecule has 6 heteroatoms. The number of para-hydroxylation sites is 1. The number of carbonyl (C=O) groups excluding carboxylic acids is 1. The molecule has 1 aliphatic rings. The second-order valence-corrected chi connectivity index (χ2v) is 7.72. The number of hydrogen-bond donors (Lipinski definition) is 1. The van der Waals surface area contributed by atoms with Gasteiger partial charge >= 0.3 is 0 Å². The molecule has 2 aromatic carbocycles. The Balaban J connectivity index is 1.43. The van der Waals surface area contributed by atoms with Gasteiger partial charge in [0.05, 0.1) is 10.9 Å². The van der Waals surface area contributed by atoms with Gasteiger partial charge in [-0.15, -0.1) is 0 Å². The second kappa shape index (κ2) is 7.64. The van der Waals surface area contributed by atoms with Crippen LogP contribution in [0.3, 0.4) is 0 Å². The van der Waals surface area contributed by atoms with E-state index < -0.39 is 0 Å². The van der Waals surface area contributed by atoms with E-state index in [0.717, 1.165) is 29.5 Å². The number of nitrogens with one attached hydrogen (secondary N) is 1. The van der Waals surface area contributed by atoms with Crippen LogP contribution in [-0.4, -0.2) is 22.4 Å². The van der Waals surface area contributed by atoms with Crippen LogP contribution < -0.4 is 10.5 Å². The van der Waals surface area contributed by atoms with Crippen LogP contribution in [-0.2, 0) is 17.6 Å². The summed E-state index contributed by atoms with van der Waals surface area (Å²) in [5, 5.41) is 0.591. The van der Waals surface area contributed by atoms with Gasteiger partial charge in [-0.1, -0.05) is 28.1 Å². The lowest BCUT2D eigenvalue weighted by atomic mass is 10.0. The molecule has 138 valence electrons. The molecule has 4 rings (SSSR count). The third-order valence-electron chi connectivity index (χ3n) is 4.93. The molecule has 27 heavy (non-hydrogen) atoms. The lowest BCUT2D eigenvalue weighted by molar-refractivity contribution is -0.118. The number of aromatic nitrogens is 2. The first kappa shape index (κ1) is 17.9. The molecule has 2 heterocycles. The molecule has 1 aliphatic heterocycles. The zero-order chi connectivity index (χ0) is 18.8. The SMILES string of the molecule is O=C(CCCc1nc2ccccc2c(=O)[nH]1)N1CCCc2cc(Br)ccc21. The van der Waals surface area contributed by atoms with Gasteiger partial charge in [0, 0.05) is 29.5 Å². The standard InChI is InChI=1S/C21H20BrN3O2/c22-15-10-11-18-14(13-15)5-4-12-25(18)20(26)9-3-8-19-23-17-7-2-1-6-16(17)21(27)24-19/h1-2,6-7,10-11,13H,3-5,8-9,12H2,(H,23,24,27). The number of nitrogens with zero attached hydrogens (tertiary/aromatic N) is 2. The molecule has 0 radical (unpaired) electrons. The number of benzene rings is 2. The molecule has 0 fully saturated rings. The zero-order valence-electron chi connectivity index (χ0n) is 14.9. The molecule has 1 amide bonds. The fraction of sp³-hybridized carbons (Fsp3) is 0.286. The van der Waals surface area contributed by atoms with E-state index in [-0.39, 0.29) is 11.5 Å². The summed E-state index contributed by atoms with van der Waals surface area (Å²) >= 11 is 3.50. The molecule has 0 aliphatic carbocycles. The number of carbonyl (C=O) groups is 1. The Hall–Kier alpha value is -2.47. The molecule has 5 nitrogen and oxygen atoms in total. The van der Waals surface area contributed by atoms with Crippen LogP contribution in [0.25, 0.3) is 10.9 Å². The molecular weight excluding hydrogens is 406 g/mol. The van der Waals surface area contributed by atoms with Crippen molar-refractivity contribution >= 4 is 38.4 Å². The van der Waals surface area contributed by atoms with Crippen LogP contribution >= 0.6 is 15.9 Å². The van der Waals surface area contributed by atoms with Crippen molar-refractivity contribution in [2.24, 2.45) is 0 Å². The molecule has 1 aromatic heterocycles. The van der Waals surface area contributed by atoms with Crippen LogP contribution in [0.1, 0.15) is 30.7 Å². The minimum atomic E-state index is -0.127. The van der Waals surface area contributed by atoms with E-state index in [2.05, 4.69) is 32.0 Å². The van der Waals surface area contributed by atoms with Crippen LogP contribution in [0, 0.1) is 0 Å². The van der Waals surface area contributed by atoms with Gasteiger partial charge in [-0.05, 0) is 55.2 Å². The smallest absolute Gasteiger partial charge is 0.258 e. The first-order valence-electron chi connectivity index (χ1n) is 9.18. The van der Waals surface area contributed by atoms with Crippen molar-refractivity contribution in [1.82, 2.24) is 9.97 Å². The summed E-state index contributed by atoms with van der Waals surface area (Å²) in [6.45, 7) is 0.762. The Labute approximate surface area is 165 Å². The summed E-state index contributed by atoms with van der Waals surface area (Å²) in [6.07, 6.45) is 3.65. The number of anilines is 1. The average molecular weight is 426 g/mol. The summed E-state index contributed by atoms with van der Waals surface area (Å²) in [7, 11) is 0. The topological polar surface area (TPSA) is 66.1 Å². The highest BCUT2D eigenvalue weighted by Gasteiger charge is 2.22. The van der Waals surface area contributed by atoms with E-state index in [1.165, 1.54) is 5.56 Å². The van der Waals surface area contributed by atoms with Gasteiger partial charge in [0.25, 0.3) is 5.56 Å². The summed E-state index contributed by atoms with van der Waals surface area (Å²) < 4.78 is 1.04. The van der Waals surface area contributed by atoms with Gasteiger partial charge in [0.2, 0.25) is 5.91 Å². The summed E-state index contributed by atoms with van der Waals surface area (Å²) in [5.74, 6) is 0.760. The van der Waals surface area contributed by atoms with E-state index >= 15 is 0 Å². The lowest BCUT2D eigenvalue weighted by Gasteiger charge is -2.29. The average Bonchev–Trinajstić information content (AvgIpc) is 2.67. The van der Waals surface area contributed by atoms with Crippen molar-refractivity contribution in [3.8, 4) is 0 Å². The zero-order valence-corrected chi connectivity index (χ0v) is 16.5. The van der Waals surface area contributed by atoms with E-state index in [1.807, 2.05) is 35.2 Å². The lowest BCUT2D eigenvalue weighted by Crippen LogP contribution is -2.35. The molecule has 3 aromatic rings. The van der Waals surface area contributed by atoms with E-state index in [9.17, 15) is 9.59 Å². The Morgan fingerprint density at radius 3 is 2.96 bits per heavy atom. The Morgan fingerprint density at radius 2 is 2.07 bits per heavy atom. The Kier molecular flexibility index (Phi) is 5.07. The van der Waals surface area contributed by atoms with Crippen LogP contribution in [0.15, 0.2) is 51.7 Å². The van der Waals surface area contributed by atoms with Gasteiger partial charge in [0.1, 0.15) is 5.82 Å². The van der Waals surface area contributed by atoms with Crippen molar-refractivity contribution in [3.05, 3.63) is 68.7 Å². The molecule has 0 saturated heterocycles. The van der Waals surface area contributed by atoms with Crippen molar-refractivity contribution in [3.63, 3.8) is 0 Å². The summed E-state index contributed by atoms with van der Waals surface area (Å²) in [5.41, 5.74) is 2.80. The molecule has 0 saturated carbocycles. The number of aryl methyl sites for hydroxylation is 2. The number of hydrogen-bond acceptors (Lipinski definition) is 3. The maximum atomic E-state index is 12.7. The van der Waals surface area contributed by atoms with Gasteiger partial charge in [-0.2, -0.15) is 0 Å². The molecule has 1 N–H and O–H groups in total. The highest BCUT2D eigenvalue weighted by atomic mass is 79.9. The molecule has 0 spiro atoms. The number of halogens is 1. The molecule has 0 bridgehead atoms. The van der Waals surface area contributed by atoms with Gasteiger partial charge < -0.3 is 9.88 Å². The number of amides is 1. The maximum absolute atomic E-state index is 12.7. The van der Waals surface area contributed by atoms with Crippen LogP contribution in [0.4, 0.5) is 5.69 Å². The van der Waals surface area contributed by atoms with E-state index in [0.29, 0.717) is 36.0 Å².